The van der Waals surface area contributed by atoms with E-state index < -0.39 is 29.1 Å². The largest absolute Gasteiger partial charge is 0.481 e. The van der Waals surface area contributed by atoms with Crippen LogP contribution in [0.4, 0.5) is 0 Å². The highest BCUT2D eigenvalue weighted by molar-refractivity contribution is 6.55. The lowest BCUT2D eigenvalue weighted by molar-refractivity contribution is -0.155. The SMILES string of the molecule is CC(C)C(C(=O)O)(C(C)C=C(Cl)Cl)C(C#N)c1cc(Oc2ccccc2)c2ccccc2n1. The number of halogens is 2. The summed E-state index contributed by atoms with van der Waals surface area (Å²) in [5.41, 5.74) is -0.629. The number of carboxylic acids is 1. The normalized spacial score (nSPS) is 14.7. The Balaban J connectivity index is 2.26. The highest BCUT2D eigenvalue weighted by atomic mass is 35.5. The van der Waals surface area contributed by atoms with E-state index in [0.29, 0.717) is 22.7 Å². The number of hydrogen-bond acceptors (Lipinski definition) is 4. The molecule has 7 heteroatoms. The van der Waals surface area contributed by atoms with Crippen molar-refractivity contribution in [1.82, 2.24) is 4.98 Å². The maximum Gasteiger partial charge on any atom is 0.312 e. The third-order valence-electron chi connectivity index (χ3n) is 6.03. The molecule has 3 aromatic rings. The summed E-state index contributed by atoms with van der Waals surface area (Å²) in [6.45, 7) is 5.24. The van der Waals surface area contributed by atoms with E-state index in [4.69, 9.17) is 27.9 Å². The van der Waals surface area contributed by atoms with Crippen LogP contribution in [0, 0.1) is 28.6 Å². The molecular weight excluding hydrogens is 459 g/mol. The third kappa shape index (κ3) is 4.83. The number of rotatable bonds is 8. The fourth-order valence-corrected chi connectivity index (χ4v) is 4.82. The molecule has 0 fully saturated rings. The van der Waals surface area contributed by atoms with Gasteiger partial charge in [0, 0.05) is 11.5 Å². The van der Waals surface area contributed by atoms with E-state index in [9.17, 15) is 15.2 Å². The summed E-state index contributed by atoms with van der Waals surface area (Å²) in [5.74, 6) is -2.21. The van der Waals surface area contributed by atoms with Crippen molar-refractivity contribution in [2.45, 2.75) is 26.7 Å². The molecule has 3 unspecified atom stereocenters. The molecule has 3 rings (SSSR count). The molecule has 1 aromatic heterocycles. The van der Waals surface area contributed by atoms with Crippen molar-refractivity contribution in [3.63, 3.8) is 0 Å². The monoisotopic (exact) mass is 482 g/mol. The topological polar surface area (TPSA) is 83.2 Å². The average Bonchev–Trinajstić information content (AvgIpc) is 2.76. The van der Waals surface area contributed by atoms with Crippen LogP contribution < -0.4 is 4.74 Å². The minimum absolute atomic E-state index is 0.0509. The molecule has 0 saturated carbocycles. The summed E-state index contributed by atoms with van der Waals surface area (Å²) in [4.78, 5) is 17.5. The van der Waals surface area contributed by atoms with Gasteiger partial charge in [-0.3, -0.25) is 9.78 Å². The number of hydrogen-bond donors (Lipinski definition) is 1. The third-order valence-corrected chi connectivity index (χ3v) is 6.28. The van der Waals surface area contributed by atoms with Gasteiger partial charge in [0.1, 0.15) is 21.9 Å². The Morgan fingerprint density at radius 1 is 1.12 bits per heavy atom. The average molecular weight is 483 g/mol. The van der Waals surface area contributed by atoms with E-state index >= 15 is 0 Å². The van der Waals surface area contributed by atoms with Crippen molar-refractivity contribution in [1.29, 1.82) is 5.26 Å². The summed E-state index contributed by atoms with van der Waals surface area (Å²) < 4.78 is 6.08. The quantitative estimate of drug-likeness (QED) is 0.363. The fraction of sp³-hybridized carbons (Fsp3) is 0.269. The van der Waals surface area contributed by atoms with E-state index in [2.05, 4.69) is 11.1 Å². The lowest BCUT2D eigenvalue weighted by Gasteiger charge is -2.40. The molecule has 0 aliphatic carbocycles. The van der Waals surface area contributed by atoms with E-state index in [1.165, 1.54) is 6.08 Å². The zero-order valence-electron chi connectivity index (χ0n) is 18.5. The fourth-order valence-electron chi connectivity index (χ4n) is 4.44. The Bertz CT molecular complexity index is 1220. The first-order valence-corrected chi connectivity index (χ1v) is 11.3. The van der Waals surface area contributed by atoms with Gasteiger partial charge in [-0.25, -0.2) is 0 Å². The Labute approximate surface area is 203 Å². The van der Waals surface area contributed by atoms with Crippen LogP contribution in [0.1, 0.15) is 32.4 Å². The zero-order valence-corrected chi connectivity index (χ0v) is 20.0. The molecule has 0 bridgehead atoms. The Hall–Kier alpha value is -3.07. The number of aliphatic carboxylic acids is 1. The van der Waals surface area contributed by atoms with Gasteiger partial charge in [-0.2, -0.15) is 5.26 Å². The van der Waals surface area contributed by atoms with Crippen molar-refractivity contribution in [2.24, 2.45) is 17.3 Å². The summed E-state index contributed by atoms with van der Waals surface area (Å²) in [5, 5.41) is 21.5. The number of fused-ring (bicyclic) bond motifs is 1. The predicted molar refractivity (Wildman–Crippen MR) is 130 cm³/mol. The molecule has 1 heterocycles. The highest BCUT2D eigenvalue weighted by Gasteiger charge is 2.53. The van der Waals surface area contributed by atoms with Gasteiger partial charge in [-0.15, -0.1) is 0 Å². The maximum atomic E-state index is 12.8. The molecule has 3 atom stereocenters. The summed E-state index contributed by atoms with van der Waals surface area (Å²) in [7, 11) is 0. The lowest BCUT2D eigenvalue weighted by atomic mass is 9.60. The number of pyridine rings is 1. The molecule has 0 saturated heterocycles. The minimum Gasteiger partial charge on any atom is -0.481 e. The zero-order chi connectivity index (χ0) is 24.2. The lowest BCUT2D eigenvalue weighted by Crippen LogP contribution is -2.46. The number of allylic oxidation sites excluding steroid dienone is 1. The van der Waals surface area contributed by atoms with Gasteiger partial charge < -0.3 is 9.84 Å². The number of carbonyl (C=O) groups is 1. The molecule has 0 spiro atoms. The van der Waals surface area contributed by atoms with Crippen molar-refractivity contribution < 1.29 is 14.6 Å². The smallest absolute Gasteiger partial charge is 0.312 e. The van der Waals surface area contributed by atoms with Gasteiger partial charge in [0.25, 0.3) is 0 Å². The first-order valence-electron chi connectivity index (χ1n) is 10.5. The second kappa shape index (κ2) is 10.2. The second-order valence-electron chi connectivity index (χ2n) is 8.18. The molecule has 2 aromatic carbocycles. The van der Waals surface area contributed by atoms with Gasteiger partial charge in [0.05, 0.1) is 22.7 Å². The first kappa shape index (κ1) is 24.6. The summed E-state index contributed by atoms with van der Waals surface area (Å²) in [6.07, 6.45) is 1.46. The van der Waals surface area contributed by atoms with Crippen LogP contribution in [0.3, 0.4) is 0 Å². The second-order valence-corrected chi connectivity index (χ2v) is 9.19. The molecule has 5 nitrogen and oxygen atoms in total. The molecule has 170 valence electrons. The number of nitrogens with zero attached hydrogens (tertiary/aromatic N) is 2. The van der Waals surface area contributed by atoms with Crippen LogP contribution in [-0.2, 0) is 4.79 Å². The molecule has 0 amide bonds. The van der Waals surface area contributed by atoms with Gasteiger partial charge in [-0.1, -0.05) is 80.4 Å². The Morgan fingerprint density at radius 2 is 1.76 bits per heavy atom. The van der Waals surface area contributed by atoms with Gasteiger partial charge in [-0.05, 0) is 36.1 Å². The van der Waals surface area contributed by atoms with Gasteiger partial charge >= 0.3 is 5.97 Å². The van der Waals surface area contributed by atoms with Gasteiger partial charge in [0.2, 0.25) is 0 Å². The molecule has 1 N–H and O–H groups in total. The van der Waals surface area contributed by atoms with Crippen LogP contribution in [0.15, 0.2) is 71.2 Å². The number of para-hydroxylation sites is 2. The van der Waals surface area contributed by atoms with Gasteiger partial charge in [0.15, 0.2) is 0 Å². The maximum absolute atomic E-state index is 12.8. The highest BCUT2D eigenvalue weighted by Crippen LogP contribution is 2.50. The first-order chi connectivity index (χ1) is 15.7. The van der Waals surface area contributed by atoms with Crippen molar-refractivity contribution in [3.8, 4) is 17.6 Å². The molecule has 0 radical (unpaired) electrons. The molecule has 0 aliphatic rings. The number of ether oxygens (including phenoxy) is 1. The van der Waals surface area contributed by atoms with Crippen LogP contribution in [-0.4, -0.2) is 16.1 Å². The standard InChI is InChI=1S/C26H24Cl2N2O3/c1-16(2)26(25(31)32,17(3)13-24(27)28)20(15-29)22-14-23(33-18-9-5-4-6-10-18)19-11-7-8-12-21(19)30-22/h4-14,16-17,20H,1-3H3,(H,31,32). The number of aromatic nitrogens is 1. The van der Waals surface area contributed by atoms with Crippen LogP contribution >= 0.6 is 23.2 Å². The number of benzene rings is 2. The number of carboxylic acid groups (broad SMARTS) is 1. The molecule has 0 aliphatic heterocycles. The van der Waals surface area contributed by atoms with Crippen molar-refractivity contribution in [3.05, 3.63) is 76.9 Å². The van der Waals surface area contributed by atoms with E-state index in [1.54, 1.807) is 26.8 Å². The van der Waals surface area contributed by atoms with Crippen LogP contribution in [0.5, 0.6) is 11.5 Å². The summed E-state index contributed by atoms with van der Waals surface area (Å²) >= 11 is 11.8. The van der Waals surface area contributed by atoms with E-state index in [0.717, 1.165) is 5.39 Å². The van der Waals surface area contributed by atoms with Crippen LogP contribution in [0.2, 0.25) is 0 Å². The Kier molecular flexibility index (Phi) is 7.63. The van der Waals surface area contributed by atoms with Crippen LogP contribution in [0.25, 0.3) is 10.9 Å². The molecular formula is C26H24Cl2N2O3. The van der Waals surface area contributed by atoms with Crippen molar-refractivity contribution >= 4 is 40.1 Å². The minimum atomic E-state index is -1.54. The number of nitriles is 1. The molecule has 33 heavy (non-hydrogen) atoms. The van der Waals surface area contributed by atoms with Crippen molar-refractivity contribution in [2.75, 3.05) is 0 Å². The Morgan fingerprint density at radius 3 is 2.33 bits per heavy atom. The summed E-state index contributed by atoms with van der Waals surface area (Å²) in [6, 6.07) is 20.5. The predicted octanol–water partition coefficient (Wildman–Crippen LogP) is 7.32. The van der Waals surface area contributed by atoms with E-state index in [-0.39, 0.29) is 4.49 Å². The van der Waals surface area contributed by atoms with E-state index in [1.807, 2.05) is 54.6 Å².